The molecule has 1 saturated heterocycles. The number of carbonyl (C=O) groups excluding carboxylic acids is 1. The van der Waals surface area contributed by atoms with Gasteiger partial charge in [0.1, 0.15) is 12.1 Å². The monoisotopic (exact) mass is 446 g/mol. The molecule has 2 aliphatic rings. The van der Waals surface area contributed by atoms with Crippen molar-refractivity contribution in [3.8, 4) is 11.5 Å². The predicted octanol–water partition coefficient (Wildman–Crippen LogP) is 3.56. The third kappa shape index (κ3) is 4.75. The molecular weight excluding hydrogens is 380 g/mol. The van der Waals surface area contributed by atoms with Gasteiger partial charge in [0.2, 0.25) is 0 Å². The molecule has 2 heterocycles. The van der Waals surface area contributed by atoms with Gasteiger partial charge in [-0.05, 0) is 47.7 Å². The molecule has 0 aromatic heterocycles. The maximum Gasteiger partial charge on any atom is 0.323 e. The van der Waals surface area contributed by atoms with Crippen LogP contribution in [0.15, 0.2) is 12.1 Å². The molecule has 2 N–H and O–H groups in total. The molecule has 3 unspecified atom stereocenters. The molecule has 2 aliphatic heterocycles. The van der Waals surface area contributed by atoms with Gasteiger partial charge in [-0.1, -0.05) is 27.4 Å². The van der Waals surface area contributed by atoms with Crippen LogP contribution in [0.2, 0.25) is 0 Å². The number of fused-ring (bicyclic) bond motifs is 3. The third-order valence-corrected chi connectivity index (χ3v) is 4.30. The number of carbonyl (C=O) groups is 1. The van der Waals surface area contributed by atoms with Crippen molar-refractivity contribution in [3.05, 3.63) is 23.2 Å². The average molecular weight is 447 g/mol. The normalized spacial score (nSPS) is 51.2. The van der Waals surface area contributed by atoms with Gasteiger partial charge in [-0.25, -0.2) is 0 Å². The summed E-state index contributed by atoms with van der Waals surface area (Å²) in [5, 5.41) is 0. The summed E-state index contributed by atoms with van der Waals surface area (Å²) < 4.78 is 247. The molecule has 1 aromatic rings. The Kier molecular flexibility index (Phi) is 1.97. The van der Waals surface area contributed by atoms with Gasteiger partial charge in [0.15, 0.2) is 11.5 Å². The van der Waals surface area contributed by atoms with Crippen LogP contribution in [0.1, 0.15) is 95.7 Å². The number of nitrogens with two attached hydrogens (primary N) is 1. The summed E-state index contributed by atoms with van der Waals surface area (Å²) in [6.45, 7) is -22.4. The van der Waals surface area contributed by atoms with Crippen LogP contribution >= 0.6 is 0 Å². The first kappa shape index (κ1) is 6.16. The SMILES string of the molecule is [2H]c1c(OC)c(OC([2H])([2H])[2H])c([2H])c2c1C1([2H])CC([2H])(OC(=O)[C@@]([2H])(N)C([2H])(C([2H])([2H])[2H])C([2H])([2H])[2H])C(C([2H])([2H])C([2H])(C([2H])([2H])[2H])C([2H])([2H])[2H])CN1C([2H])([2H])C2([2H])[2H]. The van der Waals surface area contributed by atoms with Crippen molar-refractivity contribution in [1.29, 1.82) is 0 Å². The molecule has 3 rings (SSSR count). The number of hydrogen-bond acceptors (Lipinski definition) is 6. The highest BCUT2D eigenvalue weighted by atomic mass is 16.5. The Hall–Kier alpha value is -1.79. The lowest BCUT2D eigenvalue weighted by molar-refractivity contribution is -0.160. The first-order chi connectivity index (χ1) is 25.2. The fourth-order valence-electron chi connectivity index (χ4n) is 2.91. The largest absolute Gasteiger partial charge is 0.493 e. The Balaban J connectivity index is 2.61. The highest BCUT2D eigenvalue weighted by Gasteiger charge is 2.41. The number of esters is 1. The zero-order chi connectivity index (χ0) is 46.2. The summed E-state index contributed by atoms with van der Waals surface area (Å²) in [7, 11) is -2.63. The molecule has 0 bridgehead atoms. The lowest BCUT2D eigenvalue weighted by Crippen LogP contribution is -2.51. The van der Waals surface area contributed by atoms with E-state index in [9.17, 15) is 7.54 Å². The fourth-order valence-corrected chi connectivity index (χ4v) is 2.91. The second-order valence-corrected chi connectivity index (χ2v) is 6.15. The number of piperidine rings is 1. The lowest BCUT2D eigenvalue weighted by atomic mass is 9.79. The first-order valence-electron chi connectivity index (χ1n) is 22.4. The van der Waals surface area contributed by atoms with E-state index >= 15 is 0 Å². The first-order valence-corrected chi connectivity index (χ1v) is 8.38. The van der Waals surface area contributed by atoms with E-state index in [4.69, 9.17) is 55.6 Å². The van der Waals surface area contributed by atoms with Gasteiger partial charge in [-0.3, -0.25) is 9.69 Å². The zero-order valence-corrected chi connectivity index (χ0v) is 15.6. The van der Waals surface area contributed by atoms with Gasteiger partial charge in [-0.2, -0.15) is 0 Å². The number of methoxy groups -OCH3 is 2. The molecule has 6 heteroatoms. The minimum Gasteiger partial charge on any atom is -0.493 e. The molecule has 6 nitrogen and oxygen atoms in total. The van der Waals surface area contributed by atoms with E-state index < -0.39 is 143 Å². The van der Waals surface area contributed by atoms with Crippen molar-refractivity contribution in [2.45, 2.75) is 64.7 Å². The molecule has 0 aliphatic carbocycles. The van der Waals surface area contributed by atoms with Gasteiger partial charge < -0.3 is 19.9 Å². The van der Waals surface area contributed by atoms with Gasteiger partial charge in [0.25, 0.3) is 0 Å². The molecule has 0 radical (unpaired) electrons. The van der Waals surface area contributed by atoms with Crippen molar-refractivity contribution in [3.63, 3.8) is 0 Å². The van der Waals surface area contributed by atoms with Crippen LogP contribution in [0.5, 0.6) is 11.5 Å². The van der Waals surface area contributed by atoms with Crippen LogP contribution in [0.25, 0.3) is 0 Å². The van der Waals surface area contributed by atoms with Crippen LogP contribution < -0.4 is 15.2 Å². The fraction of sp³-hybridized carbons (Fsp3) is 0.708. The minimum atomic E-state index is -4.41. The average Bonchev–Trinajstić information content (AvgIpc) is 2.97. The molecule has 1 fully saturated rings. The summed E-state index contributed by atoms with van der Waals surface area (Å²) in [5.74, 6) is -16.7. The van der Waals surface area contributed by atoms with Crippen LogP contribution in [-0.2, 0) is 15.9 Å². The Bertz CT molecular complexity index is 1770. The van der Waals surface area contributed by atoms with Crippen LogP contribution in [0.3, 0.4) is 0 Å². The topological polar surface area (TPSA) is 74.0 Å². The van der Waals surface area contributed by atoms with Crippen molar-refractivity contribution in [2.24, 2.45) is 23.4 Å². The van der Waals surface area contributed by atoms with E-state index in [1.807, 2.05) is 0 Å². The lowest BCUT2D eigenvalue weighted by Gasteiger charge is -2.47. The Labute approximate surface area is 220 Å². The quantitative estimate of drug-likeness (QED) is 0.646. The zero-order valence-electron chi connectivity index (χ0n) is 43.6. The molecular formula is C24H38N2O4. The van der Waals surface area contributed by atoms with E-state index in [-0.39, 0.29) is 4.90 Å². The predicted molar refractivity (Wildman–Crippen MR) is 118 cm³/mol. The highest BCUT2D eigenvalue weighted by molar-refractivity contribution is 5.76. The molecule has 0 saturated carbocycles. The van der Waals surface area contributed by atoms with E-state index in [1.54, 1.807) is 0 Å². The van der Waals surface area contributed by atoms with Gasteiger partial charge in [0, 0.05) is 58.8 Å². The van der Waals surface area contributed by atoms with Crippen molar-refractivity contribution < 1.29 is 57.4 Å². The van der Waals surface area contributed by atoms with Gasteiger partial charge in [0.05, 0.1) is 25.1 Å². The summed E-state index contributed by atoms with van der Waals surface area (Å²) in [6.07, 6.45) is -13.9. The van der Waals surface area contributed by atoms with Crippen LogP contribution in [0.4, 0.5) is 0 Å². The van der Waals surface area contributed by atoms with Crippen molar-refractivity contribution in [1.82, 2.24) is 4.90 Å². The van der Waals surface area contributed by atoms with Crippen LogP contribution in [0, 0.1) is 17.7 Å². The highest BCUT2D eigenvalue weighted by Crippen LogP contribution is 2.44. The number of nitrogens with zero attached hydrogens (tertiary/aromatic N) is 1. The standard InChI is InChI=1S/C24H38N2O4/c1-14(2)9-17-13-26-8-7-16-10-21(28-5)22(29-6)11-18(16)19(26)12-20(17)30-24(27)23(25)15(3)4/h10-11,14-15,17,19-20,23H,7-9,12-13,25H2,1-6H3/t17?,19?,20?,23-/m0/s1/i1D3,2D3,3D3,4D3,5D3,7D2,8D2,9D2,10D,11D,14D,15D,19D,20D,23D. The molecule has 0 spiro atoms. The summed E-state index contributed by atoms with van der Waals surface area (Å²) >= 11 is 0. The van der Waals surface area contributed by atoms with Crippen molar-refractivity contribution >= 4 is 5.97 Å². The molecule has 30 heavy (non-hydrogen) atoms. The number of rotatable bonds is 7. The number of ether oxygens (including phenoxy) is 3. The van der Waals surface area contributed by atoms with E-state index in [0.29, 0.717) is 0 Å². The Morgan fingerprint density at radius 2 is 2.23 bits per heavy atom. The maximum absolute atomic E-state index is 13.9. The Morgan fingerprint density at radius 3 is 2.93 bits per heavy atom. The van der Waals surface area contributed by atoms with E-state index in [0.717, 1.165) is 7.11 Å². The van der Waals surface area contributed by atoms with Crippen molar-refractivity contribution in [2.75, 3.05) is 27.2 Å². The summed E-state index contributed by atoms with van der Waals surface area (Å²) in [4.78, 5) is 13.9. The summed E-state index contributed by atoms with van der Waals surface area (Å²) in [5.41, 5.74) is 3.14. The second-order valence-electron chi connectivity index (χ2n) is 6.15. The van der Waals surface area contributed by atoms with Crippen LogP contribution in [-0.4, -0.2) is 50.2 Å². The second kappa shape index (κ2) is 9.56. The Morgan fingerprint density at radius 1 is 1.43 bits per heavy atom. The maximum atomic E-state index is 13.9. The van der Waals surface area contributed by atoms with Gasteiger partial charge in [-0.15, -0.1) is 0 Å². The van der Waals surface area contributed by atoms with Gasteiger partial charge >= 0.3 is 5.97 Å². The summed E-state index contributed by atoms with van der Waals surface area (Å²) in [6, 6.07) is -10.3. The van der Waals surface area contributed by atoms with E-state index in [2.05, 4.69) is 0 Å². The minimum absolute atomic E-state index is 0.0299. The number of benzene rings is 1. The van der Waals surface area contributed by atoms with E-state index in [1.165, 1.54) is 0 Å². The smallest absolute Gasteiger partial charge is 0.323 e. The molecule has 168 valence electrons. The molecule has 0 amide bonds. The number of hydrogen-bond donors (Lipinski definition) is 1. The molecule has 1 aromatic carbocycles. The third-order valence-electron chi connectivity index (χ3n) is 4.30. The molecule has 4 atom stereocenters.